The fourth-order valence-corrected chi connectivity index (χ4v) is 2.37. The van der Waals surface area contributed by atoms with Crippen LogP contribution < -0.4 is 5.73 Å². The van der Waals surface area contributed by atoms with Gasteiger partial charge in [-0.3, -0.25) is 5.10 Å². The lowest BCUT2D eigenvalue weighted by atomic mass is 9.97. The number of benzene rings is 2. The van der Waals surface area contributed by atoms with Gasteiger partial charge in [0.05, 0.1) is 11.3 Å². The minimum absolute atomic E-state index is 0.179. The maximum Gasteiger partial charge on any atom is 0.153 e. The Bertz CT molecular complexity index is 809. The number of aryl methyl sites for hydroxylation is 1. The van der Waals surface area contributed by atoms with Gasteiger partial charge in [0, 0.05) is 17.2 Å². The zero-order chi connectivity index (χ0) is 15.0. The SMILES string of the molecule is Cc1ccccc1-c1[nH]nc(N)c1-c1ccc(F)cc1F. The van der Waals surface area contributed by atoms with E-state index in [0.717, 1.165) is 17.2 Å². The molecule has 0 atom stereocenters. The third-order valence-corrected chi connectivity index (χ3v) is 3.41. The summed E-state index contributed by atoms with van der Waals surface area (Å²) in [7, 11) is 0. The van der Waals surface area contributed by atoms with E-state index >= 15 is 0 Å². The molecule has 0 aliphatic carbocycles. The summed E-state index contributed by atoms with van der Waals surface area (Å²) in [6.07, 6.45) is 0. The Hall–Kier alpha value is -2.69. The Kier molecular flexibility index (Phi) is 3.17. The molecule has 0 saturated carbocycles. The van der Waals surface area contributed by atoms with Crippen molar-refractivity contribution >= 4 is 5.82 Å². The summed E-state index contributed by atoms with van der Waals surface area (Å²) < 4.78 is 27.1. The van der Waals surface area contributed by atoms with Crippen LogP contribution in [0.1, 0.15) is 5.56 Å². The van der Waals surface area contributed by atoms with Crippen molar-refractivity contribution in [3.8, 4) is 22.4 Å². The topological polar surface area (TPSA) is 54.7 Å². The Morgan fingerprint density at radius 2 is 1.81 bits per heavy atom. The number of nitrogens with two attached hydrogens (primary N) is 1. The van der Waals surface area contributed by atoms with E-state index in [1.807, 2.05) is 31.2 Å². The maximum atomic E-state index is 14.1. The van der Waals surface area contributed by atoms with E-state index in [2.05, 4.69) is 10.2 Å². The normalized spacial score (nSPS) is 10.8. The van der Waals surface area contributed by atoms with E-state index in [9.17, 15) is 8.78 Å². The molecular formula is C16H13F2N3. The molecule has 0 aliphatic rings. The molecule has 0 fully saturated rings. The molecule has 0 radical (unpaired) electrons. The molecule has 1 heterocycles. The predicted molar refractivity (Wildman–Crippen MR) is 78.5 cm³/mol. The minimum atomic E-state index is -0.669. The Morgan fingerprint density at radius 1 is 1.05 bits per heavy atom. The second-order valence-corrected chi connectivity index (χ2v) is 4.80. The number of hydrogen-bond acceptors (Lipinski definition) is 2. The van der Waals surface area contributed by atoms with E-state index in [1.54, 1.807) is 0 Å². The molecule has 0 unspecified atom stereocenters. The van der Waals surface area contributed by atoms with Crippen molar-refractivity contribution in [1.82, 2.24) is 10.2 Å². The Balaban J connectivity index is 2.25. The quantitative estimate of drug-likeness (QED) is 0.750. The van der Waals surface area contributed by atoms with Crippen LogP contribution in [-0.4, -0.2) is 10.2 Å². The van der Waals surface area contributed by atoms with Crippen LogP contribution in [0.5, 0.6) is 0 Å². The van der Waals surface area contributed by atoms with Gasteiger partial charge in [0.15, 0.2) is 5.82 Å². The molecule has 0 bridgehead atoms. The number of rotatable bonds is 2. The highest BCUT2D eigenvalue weighted by molar-refractivity contribution is 5.88. The lowest BCUT2D eigenvalue weighted by Gasteiger charge is -2.08. The molecule has 3 rings (SSSR count). The van der Waals surface area contributed by atoms with Gasteiger partial charge in [0.25, 0.3) is 0 Å². The van der Waals surface area contributed by atoms with Crippen LogP contribution in [0.15, 0.2) is 42.5 Å². The molecule has 2 aromatic carbocycles. The van der Waals surface area contributed by atoms with E-state index in [4.69, 9.17) is 5.73 Å². The summed E-state index contributed by atoms with van der Waals surface area (Å²) in [5.41, 5.74) is 9.04. The number of halogens is 2. The average Bonchev–Trinajstić information content (AvgIpc) is 2.81. The lowest BCUT2D eigenvalue weighted by molar-refractivity contribution is 0.585. The van der Waals surface area contributed by atoms with Crippen molar-refractivity contribution in [2.45, 2.75) is 6.92 Å². The van der Waals surface area contributed by atoms with Crippen molar-refractivity contribution in [1.29, 1.82) is 0 Å². The molecule has 21 heavy (non-hydrogen) atoms. The van der Waals surface area contributed by atoms with Crippen molar-refractivity contribution in [2.75, 3.05) is 5.73 Å². The molecule has 1 aromatic heterocycles. The molecule has 3 N–H and O–H groups in total. The number of nitrogen functional groups attached to an aromatic ring is 1. The van der Waals surface area contributed by atoms with Crippen LogP contribution >= 0.6 is 0 Å². The van der Waals surface area contributed by atoms with E-state index < -0.39 is 11.6 Å². The molecule has 0 amide bonds. The van der Waals surface area contributed by atoms with E-state index in [1.165, 1.54) is 12.1 Å². The summed E-state index contributed by atoms with van der Waals surface area (Å²) >= 11 is 0. The van der Waals surface area contributed by atoms with Crippen LogP contribution in [0.3, 0.4) is 0 Å². The minimum Gasteiger partial charge on any atom is -0.382 e. The van der Waals surface area contributed by atoms with Gasteiger partial charge in [-0.1, -0.05) is 24.3 Å². The highest BCUT2D eigenvalue weighted by Crippen LogP contribution is 2.37. The molecule has 3 aromatic rings. The highest BCUT2D eigenvalue weighted by Gasteiger charge is 2.19. The summed E-state index contributed by atoms with van der Waals surface area (Å²) in [5.74, 6) is -1.12. The number of nitrogens with zero attached hydrogens (tertiary/aromatic N) is 1. The first-order valence-electron chi connectivity index (χ1n) is 6.43. The van der Waals surface area contributed by atoms with Crippen molar-refractivity contribution in [3.05, 3.63) is 59.7 Å². The van der Waals surface area contributed by atoms with Gasteiger partial charge < -0.3 is 5.73 Å². The van der Waals surface area contributed by atoms with Crippen LogP contribution in [0.2, 0.25) is 0 Å². The Morgan fingerprint density at radius 3 is 2.52 bits per heavy atom. The van der Waals surface area contributed by atoms with E-state index in [-0.39, 0.29) is 11.4 Å². The largest absolute Gasteiger partial charge is 0.382 e. The third kappa shape index (κ3) is 2.27. The van der Waals surface area contributed by atoms with E-state index in [0.29, 0.717) is 11.3 Å². The van der Waals surface area contributed by atoms with Crippen LogP contribution in [-0.2, 0) is 0 Å². The summed E-state index contributed by atoms with van der Waals surface area (Å²) in [5, 5.41) is 6.80. The lowest BCUT2D eigenvalue weighted by Crippen LogP contribution is -1.93. The first-order valence-corrected chi connectivity index (χ1v) is 6.43. The fraction of sp³-hybridized carbons (Fsp3) is 0.0625. The maximum absolute atomic E-state index is 14.1. The Labute approximate surface area is 120 Å². The van der Waals surface area contributed by atoms with Gasteiger partial charge in [-0.15, -0.1) is 0 Å². The van der Waals surface area contributed by atoms with Gasteiger partial charge in [-0.2, -0.15) is 5.10 Å². The third-order valence-electron chi connectivity index (χ3n) is 3.41. The highest BCUT2D eigenvalue weighted by atomic mass is 19.1. The standard InChI is InChI=1S/C16H13F2N3/c1-9-4-2-3-5-11(9)15-14(16(19)21-20-15)12-7-6-10(17)8-13(12)18/h2-8H,1H3,(H3,19,20,21). The fourth-order valence-electron chi connectivity index (χ4n) is 2.37. The first kappa shape index (κ1) is 13.3. The number of anilines is 1. The zero-order valence-corrected chi connectivity index (χ0v) is 11.3. The predicted octanol–water partition coefficient (Wildman–Crippen LogP) is 3.91. The second-order valence-electron chi connectivity index (χ2n) is 4.80. The summed E-state index contributed by atoms with van der Waals surface area (Å²) in [4.78, 5) is 0. The van der Waals surface area contributed by atoms with Gasteiger partial charge in [0.1, 0.15) is 11.6 Å². The molecular weight excluding hydrogens is 272 g/mol. The van der Waals surface area contributed by atoms with Crippen molar-refractivity contribution < 1.29 is 8.78 Å². The molecule has 0 spiro atoms. The molecule has 0 aliphatic heterocycles. The monoisotopic (exact) mass is 285 g/mol. The van der Waals surface area contributed by atoms with Gasteiger partial charge in [-0.05, 0) is 24.6 Å². The van der Waals surface area contributed by atoms with Gasteiger partial charge in [-0.25, -0.2) is 8.78 Å². The number of hydrogen-bond donors (Lipinski definition) is 2. The van der Waals surface area contributed by atoms with Crippen molar-refractivity contribution in [2.24, 2.45) is 0 Å². The molecule has 106 valence electrons. The van der Waals surface area contributed by atoms with Crippen LogP contribution in [0.25, 0.3) is 22.4 Å². The second kappa shape index (κ2) is 5.01. The summed E-state index contributed by atoms with van der Waals surface area (Å²) in [6, 6.07) is 11.0. The first-order chi connectivity index (χ1) is 10.1. The average molecular weight is 285 g/mol. The smallest absolute Gasteiger partial charge is 0.153 e. The number of aromatic amines is 1. The molecule has 3 nitrogen and oxygen atoms in total. The van der Waals surface area contributed by atoms with Crippen LogP contribution in [0.4, 0.5) is 14.6 Å². The van der Waals surface area contributed by atoms with Crippen molar-refractivity contribution in [3.63, 3.8) is 0 Å². The zero-order valence-electron chi connectivity index (χ0n) is 11.3. The van der Waals surface area contributed by atoms with Crippen LogP contribution in [0, 0.1) is 18.6 Å². The molecule has 0 saturated heterocycles. The summed E-state index contributed by atoms with van der Waals surface area (Å²) in [6.45, 7) is 1.94. The van der Waals surface area contributed by atoms with Gasteiger partial charge >= 0.3 is 0 Å². The molecule has 5 heteroatoms. The number of nitrogens with one attached hydrogen (secondary N) is 1. The van der Waals surface area contributed by atoms with Gasteiger partial charge in [0.2, 0.25) is 0 Å². The number of aromatic nitrogens is 2. The number of H-pyrrole nitrogens is 1.